The van der Waals surface area contributed by atoms with E-state index in [1.54, 1.807) is 18.2 Å². The van der Waals surface area contributed by atoms with Gasteiger partial charge in [0.25, 0.3) is 0 Å². The second-order valence-corrected chi connectivity index (χ2v) is 4.70. The molecule has 0 amide bonds. The molecule has 0 aliphatic carbocycles. The van der Waals surface area contributed by atoms with Gasteiger partial charge in [0.05, 0.1) is 20.1 Å². The van der Waals surface area contributed by atoms with Crippen molar-refractivity contribution in [1.82, 2.24) is 0 Å². The van der Waals surface area contributed by atoms with E-state index in [0.29, 0.717) is 28.9 Å². The maximum Gasteiger partial charge on any atom is 0.336 e. The SMILES string of the molecule is CCCCOc1ccc2c(CC(=O)OC)cc(=O)oc2c1. The molecule has 1 aromatic carbocycles. The van der Waals surface area contributed by atoms with Crippen molar-refractivity contribution < 1.29 is 18.7 Å². The van der Waals surface area contributed by atoms with Crippen LogP contribution in [0.2, 0.25) is 0 Å². The lowest BCUT2D eigenvalue weighted by Crippen LogP contribution is -2.08. The van der Waals surface area contributed by atoms with Gasteiger partial charge < -0.3 is 13.9 Å². The number of methoxy groups -OCH3 is 1. The molecule has 2 aromatic rings. The fourth-order valence-electron chi connectivity index (χ4n) is 2.01. The molecule has 1 aromatic heterocycles. The number of hydrogen-bond acceptors (Lipinski definition) is 5. The number of carbonyl (C=O) groups is 1. The van der Waals surface area contributed by atoms with Crippen LogP contribution in [0.5, 0.6) is 5.75 Å². The van der Waals surface area contributed by atoms with E-state index < -0.39 is 11.6 Å². The summed E-state index contributed by atoms with van der Waals surface area (Å²) in [6.07, 6.45) is 2.05. The van der Waals surface area contributed by atoms with Gasteiger partial charge in [0.2, 0.25) is 0 Å². The van der Waals surface area contributed by atoms with E-state index in [0.717, 1.165) is 12.8 Å². The Balaban J connectivity index is 2.34. The van der Waals surface area contributed by atoms with Gasteiger partial charge in [-0.2, -0.15) is 0 Å². The first-order valence-electron chi connectivity index (χ1n) is 6.90. The van der Waals surface area contributed by atoms with Crippen molar-refractivity contribution in [1.29, 1.82) is 0 Å². The average molecular weight is 290 g/mol. The summed E-state index contributed by atoms with van der Waals surface area (Å²) < 4.78 is 15.4. The fourth-order valence-corrected chi connectivity index (χ4v) is 2.01. The molecular weight excluding hydrogens is 272 g/mol. The van der Waals surface area contributed by atoms with Gasteiger partial charge in [-0.15, -0.1) is 0 Å². The highest BCUT2D eigenvalue weighted by molar-refractivity contribution is 5.85. The third-order valence-electron chi connectivity index (χ3n) is 3.13. The lowest BCUT2D eigenvalue weighted by atomic mass is 10.1. The number of benzene rings is 1. The third kappa shape index (κ3) is 3.84. The quantitative estimate of drug-likeness (QED) is 0.465. The molecule has 0 atom stereocenters. The molecule has 0 spiro atoms. The summed E-state index contributed by atoms with van der Waals surface area (Å²) in [7, 11) is 1.32. The molecule has 0 aliphatic rings. The van der Waals surface area contributed by atoms with Crippen LogP contribution in [0, 0.1) is 0 Å². The molecule has 0 bridgehead atoms. The second kappa shape index (κ2) is 6.92. The summed E-state index contributed by atoms with van der Waals surface area (Å²) in [5, 5.41) is 0.711. The van der Waals surface area contributed by atoms with Crippen molar-refractivity contribution in [2.75, 3.05) is 13.7 Å². The number of fused-ring (bicyclic) bond motifs is 1. The summed E-state index contributed by atoms with van der Waals surface area (Å²) in [6, 6.07) is 6.58. The minimum Gasteiger partial charge on any atom is -0.493 e. The van der Waals surface area contributed by atoms with E-state index in [1.165, 1.54) is 13.2 Å². The van der Waals surface area contributed by atoms with Gasteiger partial charge in [0, 0.05) is 17.5 Å². The van der Waals surface area contributed by atoms with E-state index >= 15 is 0 Å². The second-order valence-electron chi connectivity index (χ2n) is 4.70. The fraction of sp³-hybridized carbons (Fsp3) is 0.375. The summed E-state index contributed by atoms with van der Waals surface area (Å²) in [6.45, 7) is 2.70. The first kappa shape index (κ1) is 15.1. The Bertz CT molecular complexity index is 687. The zero-order chi connectivity index (χ0) is 15.2. The van der Waals surface area contributed by atoms with E-state index in [2.05, 4.69) is 11.7 Å². The van der Waals surface area contributed by atoms with E-state index in [9.17, 15) is 9.59 Å². The number of rotatable bonds is 6. The summed E-state index contributed by atoms with van der Waals surface area (Å²) in [4.78, 5) is 23.0. The summed E-state index contributed by atoms with van der Waals surface area (Å²) >= 11 is 0. The number of unbranched alkanes of at least 4 members (excludes halogenated alkanes) is 1. The number of esters is 1. The van der Waals surface area contributed by atoms with Gasteiger partial charge in [-0.3, -0.25) is 4.79 Å². The van der Waals surface area contributed by atoms with Crippen LogP contribution in [0.4, 0.5) is 0 Å². The maximum atomic E-state index is 11.6. The smallest absolute Gasteiger partial charge is 0.336 e. The van der Waals surface area contributed by atoms with Crippen LogP contribution in [-0.2, 0) is 16.0 Å². The van der Waals surface area contributed by atoms with Crippen LogP contribution in [0.15, 0.2) is 33.5 Å². The molecule has 5 nitrogen and oxygen atoms in total. The molecular formula is C16H18O5. The minimum absolute atomic E-state index is 0.0363. The first-order valence-corrected chi connectivity index (χ1v) is 6.90. The monoisotopic (exact) mass is 290 g/mol. The van der Waals surface area contributed by atoms with E-state index in [1.807, 2.05) is 0 Å². The molecule has 5 heteroatoms. The van der Waals surface area contributed by atoms with Crippen LogP contribution in [-0.4, -0.2) is 19.7 Å². The molecule has 0 radical (unpaired) electrons. The van der Waals surface area contributed by atoms with Crippen LogP contribution in [0.25, 0.3) is 11.0 Å². The Morgan fingerprint density at radius 1 is 1.29 bits per heavy atom. The van der Waals surface area contributed by atoms with Crippen LogP contribution < -0.4 is 10.4 Å². The predicted octanol–water partition coefficient (Wildman–Crippen LogP) is 2.69. The van der Waals surface area contributed by atoms with Crippen molar-refractivity contribution in [2.24, 2.45) is 0 Å². The van der Waals surface area contributed by atoms with Crippen molar-refractivity contribution in [3.8, 4) is 5.75 Å². The number of carbonyl (C=O) groups excluding carboxylic acids is 1. The van der Waals surface area contributed by atoms with Gasteiger partial charge in [-0.1, -0.05) is 13.3 Å². The Morgan fingerprint density at radius 2 is 2.10 bits per heavy atom. The molecule has 0 saturated heterocycles. The van der Waals surface area contributed by atoms with E-state index in [-0.39, 0.29) is 6.42 Å². The van der Waals surface area contributed by atoms with Crippen molar-refractivity contribution in [3.05, 3.63) is 40.2 Å². The molecule has 0 aliphatic heterocycles. The van der Waals surface area contributed by atoms with Crippen molar-refractivity contribution >= 4 is 16.9 Å². The largest absolute Gasteiger partial charge is 0.493 e. The molecule has 0 unspecified atom stereocenters. The third-order valence-corrected chi connectivity index (χ3v) is 3.13. The highest BCUT2D eigenvalue weighted by Gasteiger charge is 2.11. The molecule has 0 fully saturated rings. The van der Waals surface area contributed by atoms with Gasteiger partial charge in [-0.05, 0) is 24.1 Å². The maximum absolute atomic E-state index is 11.6. The standard InChI is InChI=1S/C16H18O5/c1-3-4-7-20-12-5-6-13-11(8-15(17)19-2)9-16(18)21-14(13)10-12/h5-6,9-10H,3-4,7-8H2,1-2H3. The Hall–Kier alpha value is -2.30. The predicted molar refractivity (Wildman–Crippen MR) is 78.6 cm³/mol. The lowest BCUT2D eigenvalue weighted by molar-refractivity contribution is -0.139. The topological polar surface area (TPSA) is 65.7 Å². The van der Waals surface area contributed by atoms with Gasteiger partial charge in [0.15, 0.2) is 0 Å². The van der Waals surface area contributed by atoms with Gasteiger partial charge in [-0.25, -0.2) is 4.79 Å². The van der Waals surface area contributed by atoms with Gasteiger partial charge in [0.1, 0.15) is 11.3 Å². The lowest BCUT2D eigenvalue weighted by Gasteiger charge is -2.08. The van der Waals surface area contributed by atoms with Crippen LogP contribution >= 0.6 is 0 Å². The average Bonchev–Trinajstić information content (AvgIpc) is 2.46. The van der Waals surface area contributed by atoms with Crippen LogP contribution in [0.1, 0.15) is 25.3 Å². The Morgan fingerprint density at radius 3 is 2.81 bits per heavy atom. The van der Waals surface area contributed by atoms with E-state index in [4.69, 9.17) is 9.15 Å². The molecule has 1 heterocycles. The summed E-state index contributed by atoms with van der Waals surface area (Å²) in [5.41, 5.74) is 0.510. The molecule has 0 N–H and O–H groups in total. The molecule has 21 heavy (non-hydrogen) atoms. The minimum atomic E-state index is -0.493. The first-order chi connectivity index (χ1) is 10.1. The van der Waals surface area contributed by atoms with Crippen molar-refractivity contribution in [3.63, 3.8) is 0 Å². The number of hydrogen-bond donors (Lipinski definition) is 0. The molecule has 112 valence electrons. The Labute approximate surface area is 122 Å². The zero-order valence-electron chi connectivity index (χ0n) is 12.2. The van der Waals surface area contributed by atoms with Crippen molar-refractivity contribution in [2.45, 2.75) is 26.2 Å². The summed E-state index contributed by atoms with van der Waals surface area (Å²) in [5.74, 6) is 0.250. The zero-order valence-corrected chi connectivity index (χ0v) is 12.2. The molecule has 2 rings (SSSR count). The highest BCUT2D eigenvalue weighted by Crippen LogP contribution is 2.23. The van der Waals surface area contributed by atoms with Crippen LogP contribution in [0.3, 0.4) is 0 Å². The molecule has 0 saturated carbocycles. The Kier molecular flexibility index (Phi) is 4.98. The van der Waals surface area contributed by atoms with Gasteiger partial charge >= 0.3 is 11.6 Å². The number of ether oxygens (including phenoxy) is 2. The highest BCUT2D eigenvalue weighted by atomic mass is 16.5. The normalized spacial score (nSPS) is 10.6.